The normalized spacial score (nSPS) is 17.0. The fourth-order valence-corrected chi connectivity index (χ4v) is 4.93. The highest BCUT2D eigenvalue weighted by Gasteiger charge is 2.25. The Morgan fingerprint density at radius 1 is 1.17 bits per heavy atom. The summed E-state index contributed by atoms with van der Waals surface area (Å²) in [6.45, 7) is 3.72. The number of rotatable bonds is 8. The molecule has 1 saturated heterocycles. The minimum atomic E-state index is 0.0971. The number of benzene rings is 1. The zero-order valence-electron chi connectivity index (χ0n) is 17.9. The van der Waals surface area contributed by atoms with E-state index in [4.69, 9.17) is 4.74 Å². The van der Waals surface area contributed by atoms with Gasteiger partial charge < -0.3 is 19.1 Å². The van der Waals surface area contributed by atoms with E-state index in [0.29, 0.717) is 13.1 Å². The fourth-order valence-electron chi connectivity index (χ4n) is 4.03. The number of aromatic nitrogens is 1. The van der Waals surface area contributed by atoms with Crippen molar-refractivity contribution in [3.05, 3.63) is 59.1 Å². The van der Waals surface area contributed by atoms with Crippen molar-refractivity contribution in [1.82, 2.24) is 14.4 Å². The van der Waals surface area contributed by atoms with Crippen LogP contribution in [0.2, 0.25) is 0 Å². The first-order valence-electron chi connectivity index (χ1n) is 10.8. The second-order valence-electron chi connectivity index (χ2n) is 8.33. The van der Waals surface area contributed by atoms with Crippen LogP contribution >= 0.6 is 11.3 Å². The Labute approximate surface area is 182 Å². The number of hydrogen-bond donors (Lipinski definition) is 0. The summed E-state index contributed by atoms with van der Waals surface area (Å²) in [6.07, 6.45) is 3.59. The van der Waals surface area contributed by atoms with Crippen LogP contribution in [0.1, 0.15) is 35.3 Å². The SMILES string of the molecule is CN(C)CCN(Cc1ccccc1)C(=O)c1cc2ccsc2n1C[C@@H]1CCCCO1. The number of ether oxygens (including phenoxy) is 1. The molecule has 0 N–H and O–H groups in total. The third-order valence-corrected chi connectivity index (χ3v) is 6.65. The molecule has 6 heteroatoms. The molecule has 160 valence electrons. The Balaban J connectivity index is 1.62. The summed E-state index contributed by atoms with van der Waals surface area (Å²) in [7, 11) is 4.09. The Hall–Kier alpha value is -2.15. The average Bonchev–Trinajstić information content (AvgIpc) is 3.35. The highest BCUT2D eigenvalue weighted by atomic mass is 32.1. The van der Waals surface area contributed by atoms with Crippen LogP contribution < -0.4 is 0 Å². The van der Waals surface area contributed by atoms with E-state index < -0.39 is 0 Å². The molecular weight excluding hydrogens is 394 g/mol. The van der Waals surface area contributed by atoms with E-state index in [1.165, 1.54) is 11.3 Å². The largest absolute Gasteiger partial charge is 0.376 e. The summed E-state index contributed by atoms with van der Waals surface area (Å²) < 4.78 is 8.20. The molecule has 3 aromatic rings. The minimum absolute atomic E-state index is 0.0971. The molecule has 1 amide bonds. The van der Waals surface area contributed by atoms with Gasteiger partial charge in [0.25, 0.3) is 5.91 Å². The predicted octanol–water partition coefficient (Wildman–Crippen LogP) is 4.48. The zero-order chi connectivity index (χ0) is 20.9. The summed E-state index contributed by atoms with van der Waals surface area (Å²) in [4.78, 5) is 19.0. The summed E-state index contributed by atoms with van der Waals surface area (Å²) in [5, 5.41) is 3.25. The molecule has 1 aliphatic rings. The Kier molecular flexibility index (Phi) is 6.87. The van der Waals surface area contributed by atoms with Gasteiger partial charge in [-0.2, -0.15) is 0 Å². The Morgan fingerprint density at radius 2 is 2.00 bits per heavy atom. The number of amides is 1. The maximum Gasteiger partial charge on any atom is 0.270 e. The molecule has 2 aromatic heterocycles. The van der Waals surface area contributed by atoms with E-state index in [9.17, 15) is 4.79 Å². The maximum atomic E-state index is 13.7. The monoisotopic (exact) mass is 425 g/mol. The van der Waals surface area contributed by atoms with Crippen molar-refractivity contribution >= 4 is 27.5 Å². The number of hydrogen-bond acceptors (Lipinski definition) is 4. The second kappa shape index (κ2) is 9.77. The molecule has 5 nitrogen and oxygen atoms in total. The summed E-state index contributed by atoms with van der Waals surface area (Å²) in [6, 6.07) is 14.4. The minimum Gasteiger partial charge on any atom is -0.376 e. The van der Waals surface area contributed by atoms with Crippen molar-refractivity contribution in [2.45, 2.75) is 38.5 Å². The van der Waals surface area contributed by atoms with Gasteiger partial charge in [-0.05, 0) is 56.4 Å². The summed E-state index contributed by atoms with van der Waals surface area (Å²) in [5.41, 5.74) is 1.93. The van der Waals surface area contributed by atoms with Gasteiger partial charge in [-0.15, -0.1) is 11.3 Å². The lowest BCUT2D eigenvalue weighted by atomic mass is 10.1. The van der Waals surface area contributed by atoms with Gasteiger partial charge in [0, 0.05) is 31.6 Å². The van der Waals surface area contributed by atoms with Gasteiger partial charge in [-0.1, -0.05) is 30.3 Å². The van der Waals surface area contributed by atoms with Crippen LogP contribution in [0.25, 0.3) is 10.2 Å². The van der Waals surface area contributed by atoms with Crippen LogP contribution in [-0.4, -0.2) is 60.2 Å². The van der Waals surface area contributed by atoms with Crippen molar-refractivity contribution < 1.29 is 9.53 Å². The molecule has 4 rings (SSSR count). The van der Waals surface area contributed by atoms with Gasteiger partial charge in [0.15, 0.2) is 0 Å². The lowest BCUT2D eigenvalue weighted by Gasteiger charge is -2.27. The number of likely N-dealkylation sites (N-methyl/N-ethyl adjacent to an activating group) is 1. The standard InChI is InChI=1S/C24H31N3O2S/c1-25(2)12-13-26(17-19-8-4-3-5-9-19)23(28)22-16-20-11-15-30-24(20)27(22)18-21-10-6-7-14-29-21/h3-5,8-9,11,15-16,21H,6-7,10,12-14,17-18H2,1-2H3/t21-/m0/s1. The Bertz CT molecular complexity index is 957. The third kappa shape index (κ3) is 4.94. The van der Waals surface area contributed by atoms with Gasteiger partial charge in [-0.3, -0.25) is 4.79 Å². The summed E-state index contributed by atoms with van der Waals surface area (Å²) >= 11 is 1.70. The van der Waals surface area contributed by atoms with E-state index in [1.54, 1.807) is 11.3 Å². The molecule has 1 aromatic carbocycles. The number of thiophene rings is 1. The van der Waals surface area contributed by atoms with Gasteiger partial charge in [-0.25, -0.2) is 0 Å². The molecule has 1 aliphatic heterocycles. The molecule has 0 radical (unpaired) electrons. The van der Waals surface area contributed by atoms with Gasteiger partial charge in [0.2, 0.25) is 0 Å². The van der Waals surface area contributed by atoms with Crippen molar-refractivity contribution in [1.29, 1.82) is 0 Å². The van der Waals surface area contributed by atoms with E-state index in [-0.39, 0.29) is 12.0 Å². The quantitative estimate of drug-likeness (QED) is 0.534. The van der Waals surface area contributed by atoms with Crippen LogP contribution in [0.4, 0.5) is 0 Å². The van der Waals surface area contributed by atoms with E-state index >= 15 is 0 Å². The molecule has 0 bridgehead atoms. The number of carbonyl (C=O) groups is 1. The molecule has 0 saturated carbocycles. The second-order valence-corrected chi connectivity index (χ2v) is 9.22. The number of nitrogens with zero attached hydrogens (tertiary/aromatic N) is 3. The lowest BCUT2D eigenvalue weighted by Crippen LogP contribution is -2.37. The molecule has 1 fully saturated rings. The fraction of sp³-hybridized carbons (Fsp3) is 0.458. The average molecular weight is 426 g/mol. The van der Waals surface area contributed by atoms with Crippen molar-refractivity contribution in [3.63, 3.8) is 0 Å². The van der Waals surface area contributed by atoms with Crippen molar-refractivity contribution in [2.24, 2.45) is 0 Å². The molecular formula is C24H31N3O2S. The molecule has 0 spiro atoms. The third-order valence-electron chi connectivity index (χ3n) is 5.70. The molecule has 1 atom stereocenters. The molecule has 0 aliphatic carbocycles. The van der Waals surface area contributed by atoms with Crippen LogP contribution in [0.15, 0.2) is 47.8 Å². The van der Waals surface area contributed by atoms with Gasteiger partial charge in [0.1, 0.15) is 10.5 Å². The highest BCUT2D eigenvalue weighted by Crippen LogP contribution is 2.28. The molecule has 3 heterocycles. The van der Waals surface area contributed by atoms with Crippen LogP contribution in [0.3, 0.4) is 0 Å². The molecule has 0 unspecified atom stereocenters. The first kappa shape index (κ1) is 21.1. The summed E-state index contributed by atoms with van der Waals surface area (Å²) in [5.74, 6) is 0.0971. The highest BCUT2D eigenvalue weighted by molar-refractivity contribution is 7.16. The van der Waals surface area contributed by atoms with Gasteiger partial charge >= 0.3 is 0 Å². The van der Waals surface area contributed by atoms with E-state index in [1.807, 2.05) is 37.2 Å². The maximum absolute atomic E-state index is 13.7. The Morgan fingerprint density at radius 3 is 2.73 bits per heavy atom. The molecule has 30 heavy (non-hydrogen) atoms. The van der Waals surface area contributed by atoms with Crippen LogP contribution in [0, 0.1) is 0 Å². The van der Waals surface area contributed by atoms with Crippen molar-refractivity contribution in [3.8, 4) is 0 Å². The topological polar surface area (TPSA) is 37.7 Å². The number of fused-ring (bicyclic) bond motifs is 1. The van der Waals surface area contributed by atoms with Crippen LogP contribution in [-0.2, 0) is 17.8 Å². The van der Waals surface area contributed by atoms with Crippen LogP contribution in [0.5, 0.6) is 0 Å². The zero-order valence-corrected chi connectivity index (χ0v) is 18.7. The van der Waals surface area contributed by atoms with Crippen molar-refractivity contribution in [2.75, 3.05) is 33.8 Å². The lowest BCUT2D eigenvalue weighted by molar-refractivity contribution is 0.00625. The smallest absolute Gasteiger partial charge is 0.270 e. The number of carbonyl (C=O) groups excluding carboxylic acids is 1. The van der Waals surface area contributed by atoms with E-state index in [0.717, 1.165) is 49.2 Å². The first-order chi connectivity index (χ1) is 14.6. The van der Waals surface area contributed by atoms with E-state index in [2.05, 4.69) is 39.1 Å². The first-order valence-corrected chi connectivity index (χ1v) is 11.7. The van der Waals surface area contributed by atoms with Gasteiger partial charge in [0.05, 0.1) is 12.6 Å². The predicted molar refractivity (Wildman–Crippen MR) is 123 cm³/mol.